The standard InChI is InChI=1S/C14H16INO3/c1-9-4-2-6-11(15)13(9)14(19)16-7-3-5-10(16)8-12(17)18/h2,4,6,10H,3,5,7-8H2,1H3,(H,17,18). The van der Waals surface area contributed by atoms with Crippen LogP contribution in [0.15, 0.2) is 18.2 Å². The number of benzene rings is 1. The highest BCUT2D eigenvalue weighted by molar-refractivity contribution is 14.1. The van der Waals surface area contributed by atoms with E-state index < -0.39 is 5.97 Å². The summed E-state index contributed by atoms with van der Waals surface area (Å²) in [6, 6.07) is 5.58. The van der Waals surface area contributed by atoms with E-state index in [1.165, 1.54) is 0 Å². The molecule has 1 heterocycles. The lowest BCUT2D eigenvalue weighted by molar-refractivity contribution is -0.137. The van der Waals surface area contributed by atoms with Gasteiger partial charge in [0.1, 0.15) is 0 Å². The first-order chi connectivity index (χ1) is 9.00. The number of aryl methyl sites for hydroxylation is 1. The van der Waals surface area contributed by atoms with Gasteiger partial charge < -0.3 is 10.0 Å². The summed E-state index contributed by atoms with van der Waals surface area (Å²) in [7, 11) is 0. The number of amides is 1. The summed E-state index contributed by atoms with van der Waals surface area (Å²) in [5.74, 6) is -0.879. The normalized spacial score (nSPS) is 18.6. The number of carboxylic acid groups (broad SMARTS) is 1. The van der Waals surface area contributed by atoms with Gasteiger partial charge in [0.15, 0.2) is 0 Å². The zero-order valence-corrected chi connectivity index (χ0v) is 12.9. The van der Waals surface area contributed by atoms with Crippen molar-refractivity contribution in [3.05, 3.63) is 32.9 Å². The Morgan fingerprint density at radius 2 is 2.21 bits per heavy atom. The van der Waals surface area contributed by atoms with Crippen LogP contribution in [0.2, 0.25) is 0 Å². The fourth-order valence-corrected chi connectivity index (χ4v) is 3.43. The molecule has 102 valence electrons. The zero-order valence-electron chi connectivity index (χ0n) is 10.7. The van der Waals surface area contributed by atoms with Crippen molar-refractivity contribution >= 4 is 34.5 Å². The van der Waals surface area contributed by atoms with Gasteiger partial charge in [0.05, 0.1) is 12.0 Å². The number of likely N-dealkylation sites (tertiary alicyclic amines) is 1. The number of halogens is 1. The fraction of sp³-hybridized carbons (Fsp3) is 0.429. The van der Waals surface area contributed by atoms with Crippen molar-refractivity contribution in [3.8, 4) is 0 Å². The molecular weight excluding hydrogens is 357 g/mol. The average molecular weight is 373 g/mol. The molecule has 19 heavy (non-hydrogen) atoms. The summed E-state index contributed by atoms with van der Waals surface area (Å²) in [6.45, 7) is 2.57. The highest BCUT2D eigenvalue weighted by atomic mass is 127. The van der Waals surface area contributed by atoms with E-state index in [0.29, 0.717) is 12.1 Å². The summed E-state index contributed by atoms with van der Waals surface area (Å²) in [4.78, 5) is 25.2. The van der Waals surface area contributed by atoms with Gasteiger partial charge in [-0.25, -0.2) is 0 Å². The molecular formula is C14H16INO3. The molecule has 4 nitrogen and oxygen atoms in total. The van der Waals surface area contributed by atoms with E-state index in [-0.39, 0.29) is 18.4 Å². The minimum atomic E-state index is -0.843. The molecule has 1 aromatic rings. The third kappa shape index (κ3) is 3.08. The van der Waals surface area contributed by atoms with Crippen LogP contribution in [0.1, 0.15) is 35.2 Å². The molecule has 1 aliphatic rings. The van der Waals surface area contributed by atoms with Crippen LogP contribution in [-0.4, -0.2) is 34.5 Å². The van der Waals surface area contributed by atoms with Gasteiger partial charge in [-0.3, -0.25) is 9.59 Å². The number of aliphatic carboxylic acids is 1. The minimum absolute atomic E-state index is 0.0359. The van der Waals surface area contributed by atoms with Crippen LogP contribution in [-0.2, 0) is 4.79 Å². The number of carboxylic acids is 1. The molecule has 0 saturated carbocycles. The summed E-state index contributed by atoms with van der Waals surface area (Å²) >= 11 is 2.16. The van der Waals surface area contributed by atoms with Crippen LogP contribution in [0, 0.1) is 10.5 Å². The lowest BCUT2D eigenvalue weighted by Gasteiger charge is -2.24. The Hall–Kier alpha value is -1.11. The van der Waals surface area contributed by atoms with E-state index in [4.69, 9.17) is 5.11 Å². The summed E-state index contributed by atoms with van der Waals surface area (Å²) < 4.78 is 0.920. The van der Waals surface area contributed by atoms with E-state index in [1.807, 2.05) is 25.1 Å². The molecule has 1 N–H and O–H groups in total. The van der Waals surface area contributed by atoms with Gasteiger partial charge in [0, 0.05) is 16.2 Å². The molecule has 1 atom stereocenters. The molecule has 0 aromatic heterocycles. The van der Waals surface area contributed by atoms with Gasteiger partial charge in [0.2, 0.25) is 0 Å². The molecule has 1 amide bonds. The minimum Gasteiger partial charge on any atom is -0.481 e. The Kier molecular flexibility index (Phi) is 4.44. The second kappa shape index (κ2) is 5.90. The van der Waals surface area contributed by atoms with E-state index in [2.05, 4.69) is 22.6 Å². The molecule has 2 rings (SSSR count). The average Bonchev–Trinajstić information content (AvgIpc) is 2.75. The van der Waals surface area contributed by atoms with Gasteiger partial charge in [-0.05, 0) is 54.0 Å². The van der Waals surface area contributed by atoms with Crippen molar-refractivity contribution in [3.63, 3.8) is 0 Å². The van der Waals surface area contributed by atoms with Gasteiger partial charge in [0.25, 0.3) is 5.91 Å². The summed E-state index contributed by atoms with van der Waals surface area (Å²) in [5.41, 5.74) is 1.65. The lowest BCUT2D eigenvalue weighted by Crippen LogP contribution is -2.37. The molecule has 5 heteroatoms. The molecule has 0 aliphatic carbocycles. The summed E-state index contributed by atoms with van der Waals surface area (Å²) in [6.07, 6.45) is 1.70. The Morgan fingerprint density at radius 1 is 1.47 bits per heavy atom. The van der Waals surface area contributed by atoms with E-state index in [0.717, 1.165) is 22.0 Å². The topological polar surface area (TPSA) is 57.6 Å². The maximum Gasteiger partial charge on any atom is 0.305 e. The van der Waals surface area contributed by atoms with Crippen molar-refractivity contribution in [1.82, 2.24) is 4.90 Å². The van der Waals surface area contributed by atoms with E-state index in [1.54, 1.807) is 4.90 Å². The maximum atomic E-state index is 12.6. The second-order valence-corrected chi connectivity index (χ2v) is 5.99. The van der Waals surface area contributed by atoms with E-state index in [9.17, 15) is 9.59 Å². The second-order valence-electron chi connectivity index (χ2n) is 4.82. The number of nitrogens with zero attached hydrogens (tertiary/aromatic N) is 1. The van der Waals surface area contributed by atoms with Crippen molar-refractivity contribution in [1.29, 1.82) is 0 Å². The molecule has 1 saturated heterocycles. The predicted octanol–water partition coefficient (Wildman–Crippen LogP) is 2.68. The van der Waals surface area contributed by atoms with Crippen molar-refractivity contribution in [2.45, 2.75) is 32.2 Å². The number of carbonyl (C=O) groups excluding carboxylic acids is 1. The van der Waals surface area contributed by atoms with Gasteiger partial charge in [-0.1, -0.05) is 12.1 Å². The molecule has 1 aromatic carbocycles. The molecule has 1 unspecified atom stereocenters. The molecule has 1 aliphatic heterocycles. The Balaban J connectivity index is 2.26. The van der Waals surface area contributed by atoms with Crippen LogP contribution in [0.25, 0.3) is 0 Å². The van der Waals surface area contributed by atoms with Crippen LogP contribution in [0.4, 0.5) is 0 Å². The summed E-state index contributed by atoms with van der Waals surface area (Å²) in [5, 5.41) is 8.91. The third-order valence-electron chi connectivity index (χ3n) is 3.48. The molecule has 0 radical (unpaired) electrons. The van der Waals surface area contributed by atoms with Gasteiger partial charge >= 0.3 is 5.97 Å². The van der Waals surface area contributed by atoms with Crippen molar-refractivity contribution < 1.29 is 14.7 Å². The highest BCUT2D eigenvalue weighted by Crippen LogP contribution is 2.26. The van der Waals surface area contributed by atoms with Crippen LogP contribution in [0.3, 0.4) is 0 Å². The van der Waals surface area contributed by atoms with Crippen LogP contribution < -0.4 is 0 Å². The maximum absolute atomic E-state index is 12.6. The van der Waals surface area contributed by atoms with Gasteiger partial charge in [-0.15, -0.1) is 0 Å². The Morgan fingerprint density at radius 3 is 2.84 bits per heavy atom. The number of hydrogen-bond donors (Lipinski definition) is 1. The quantitative estimate of drug-likeness (QED) is 0.829. The smallest absolute Gasteiger partial charge is 0.305 e. The zero-order chi connectivity index (χ0) is 14.0. The molecule has 1 fully saturated rings. The van der Waals surface area contributed by atoms with Crippen molar-refractivity contribution in [2.75, 3.05) is 6.54 Å². The van der Waals surface area contributed by atoms with Crippen molar-refractivity contribution in [2.24, 2.45) is 0 Å². The Labute approximate surface area is 125 Å². The number of rotatable bonds is 3. The highest BCUT2D eigenvalue weighted by Gasteiger charge is 2.32. The predicted molar refractivity (Wildman–Crippen MR) is 80.2 cm³/mol. The molecule has 0 bridgehead atoms. The van der Waals surface area contributed by atoms with E-state index >= 15 is 0 Å². The fourth-order valence-electron chi connectivity index (χ4n) is 2.56. The number of carbonyl (C=O) groups is 2. The van der Waals surface area contributed by atoms with Crippen LogP contribution >= 0.6 is 22.6 Å². The first-order valence-corrected chi connectivity index (χ1v) is 7.36. The lowest BCUT2D eigenvalue weighted by atomic mass is 10.1. The van der Waals surface area contributed by atoms with Crippen LogP contribution in [0.5, 0.6) is 0 Å². The van der Waals surface area contributed by atoms with Gasteiger partial charge in [-0.2, -0.15) is 0 Å². The first kappa shape index (κ1) is 14.3. The number of hydrogen-bond acceptors (Lipinski definition) is 2. The largest absolute Gasteiger partial charge is 0.481 e. The SMILES string of the molecule is Cc1cccc(I)c1C(=O)N1CCCC1CC(=O)O. The first-order valence-electron chi connectivity index (χ1n) is 6.28. The monoisotopic (exact) mass is 373 g/mol. The third-order valence-corrected chi connectivity index (χ3v) is 4.38. The Bertz CT molecular complexity index is 495. The molecule has 0 spiro atoms.